The number of hydrogen-bond acceptors (Lipinski definition) is 4. The standard InChI is InChI=1S/C12H18Cl2N2O2S2/c1-19-7-3-2-6-16-20(17,18)11-5-4-10(13)9(8-15)12(11)14/h4-5,16H,2-3,6-8,15H2,1H3. The second-order valence-electron chi connectivity index (χ2n) is 4.14. The lowest BCUT2D eigenvalue weighted by atomic mass is 10.2. The highest BCUT2D eigenvalue weighted by Crippen LogP contribution is 2.30. The average molecular weight is 357 g/mol. The largest absolute Gasteiger partial charge is 0.326 e. The zero-order valence-electron chi connectivity index (χ0n) is 11.2. The number of rotatable bonds is 8. The van der Waals surface area contributed by atoms with E-state index in [-0.39, 0.29) is 16.5 Å². The molecule has 0 aromatic heterocycles. The third-order valence-corrected chi connectivity index (χ3v) is 5.81. The van der Waals surface area contributed by atoms with Gasteiger partial charge in [-0.15, -0.1) is 0 Å². The van der Waals surface area contributed by atoms with E-state index < -0.39 is 10.0 Å². The van der Waals surface area contributed by atoms with Gasteiger partial charge in [0.2, 0.25) is 10.0 Å². The summed E-state index contributed by atoms with van der Waals surface area (Å²) in [7, 11) is -3.63. The van der Waals surface area contributed by atoms with Crippen LogP contribution in [0.1, 0.15) is 18.4 Å². The fourth-order valence-electron chi connectivity index (χ4n) is 1.63. The molecular weight excluding hydrogens is 339 g/mol. The Kier molecular flexibility index (Phi) is 7.64. The number of thioether (sulfide) groups is 1. The minimum absolute atomic E-state index is 0.0221. The number of halogens is 2. The molecule has 0 saturated heterocycles. The van der Waals surface area contributed by atoms with Crippen LogP contribution in [-0.2, 0) is 16.6 Å². The van der Waals surface area contributed by atoms with Gasteiger partial charge in [0.15, 0.2) is 0 Å². The van der Waals surface area contributed by atoms with Gasteiger partial charge in [-0.2, -0.15) is 11.8 Å². The second kappa shape index (κ2) is 8.46. The predicted octanol–water partition coefficient (Wildman–Crippen LogP) is 2.87. The minimum Gasteiger partial charge on any atom is -0.326 e. The molecule has 114 valence electrons. The van der Waals surface area contributed by atoms with Gasteiger partial charge in [-0.3, -0.25) is 0 Å². The van der Waals surface area contributed by atoms with Gasteiger partial charge in [0.05, 0.1) is 5.02 Å². The highest BCUT2D eigenvalue weighted by molar-refractivity contribution is 7.98. The summed E-state index contributed by atoms with van der Waals surface area (Å²) in [6.45, 7) is 0.481. The number of benzene rings is 1. The summed E-state index contributed by atoms with van der Waals surface area (Å²) in [5, 5.41) is 0.466. The van der Waals surface area contributed by atoms with Crippen molar-refractivity contribution in [2.24, 2.45) is 5.73 Å². The summed E-state index contributed by atoms with van der Waals surface area (Å²) in [5.74, 6) is 1.01. The Morgan fingerprint density at radius 3 is 2.60 bits per heavy atom. The van der Waals surface area contributed by atoms with Crippen molar-refractivity contribution in [3.05, 3.63) is 27.7 Å². The molecule has 0 amide bonds. The summed E-state index contributed by atoms with van der Waals surface area (Å²) in [6, 6.07) is 2.89. The minimum atomic E-state index is -3.63. The third-order valence-electron chi connectivity index (χ3n) is 2.71. The summed E-state index contributed by atoms with van der Waals surface area (Å²) in [6.07, 6.45) is 3.77. The predicted molar refractivity (Wildman–Crippen MR) is 87.2 cm³/mol. The second-order valence-corrected chi connectivity index (χ2v) is 7.65. The monoisotopic (exact) mass is 356 g/mol. The SMILES string of the molecule is CSCCCCNS(=O)(=O)c1ccc(Cl)c(CN)c1Cl. The quantitative estimate of drug-likeness (QED) is 0.702. The lowest BCUT2D eigenvalue weighted by molar-refractivity contribution is 0.578. The van der Waals surface area contributed by atoms with Gasteiger partial charge in [0, 0.05) is 23.7 Å². The van der Waals surface area contributed by atoms with Crippen LogP contribution in [0, 0.1) is 0 Å². The molecule has 0 aliphatic carbocycles. The zero-order chi connectivity index (χ0) is 15.2. The molecule has 0 spiro atoms. The van der Waals surface area contributed by atoms with Crippen molar-refractivity contribution in [1.29, 1.82) is 0 Å². The van der Waals surface area contributed by atoms with Gasteiger partial charge in [0.25, 0.3) is 0 Å². The Balaban J connectivity index is 2.83. The maximum absolute atomic E-state index is 12.2. The molecule has 4 nitrogen and oxygen atoms in total. The van der Waals surface area contributed by atoms with E-state index in [1.54, 1.807) is 11.8 Å². The Morgan fingerprint density at radius 1 is 1.30 bits per heavy atom. The normalized spacial score (nSPS) is 11.8. The highest BCUT2D eigenvalue weighted by atomic mass is 35.5. The molecule has 0 saturated carbocycles. The summed E-state index contributed by atoms with van der Waals surface area (Å²) in [5.41, 5.74) is 5.98. The molecule has 0 fully saturated rings. The van der Waals surface area contributed by atoms with E-state index in [1.165, 1.54) is 12.1 Å². The van der Waals surface area contributed by atoms with Crippen molar-refractivity contribution in [2.45, 2.75) is 24.3 Å². The fourth-order valence-corrected chi connectivity index (χ4v) is 4.12. The first kappa shape index (κ1) is 18.1. The molecular formula is C12H18Cl2N2O2S2. The van der Waals surface area contributed by atoms with E-state index in [1.807, 2.05) is 6.26 Å². The van der Waals surface area contributed by atoms with Crippen LogP contribution in [0.4, 0.5) is 0 Å². The number of hydrogen-bond donors (Lipinski definition) is 2. The molecule has 1 rings (SSSR count). The van der Waals surface area contributed by atoms with E-state index in [2.05, 4.69) is 4.72 Å². The van der Waals surface area contributed by atoms with Crippen molar-refractivity contribution in [1.82, 2.24) is 4.72 Å². The fraction of sp³-hybridized carbons (Fsp3) is 0.500. The van der Waals surface area contributed by atoms with Crippen molar-refractivity contribution in [3.63, 3.8) is 0 Å². The lowest BCUT2D eigenvalue weighted by Gasteiger charge is -2.11. The molecule has 1 aromatic carbocycles. The Labute approximate surface area is 134 Å². The average Bonchev–Trinajstić information content (AvgIpc) is 2.38. The highest BCUT2D eigenvalue weighted by Gasteiger charge is 2.20. The van der Waals surface area contributed by atoms with Gasteiger partial charge in [0.1, 0.15) is 4.90 Å². The molecule has 8 heteroatoms. The van der Waals surface area contributed by atoms with Crippen molar-refractivity contribution < 1.29 is 8.42 Å². The molecule has 0 atom stereocenters. The molecule has 0 heterocycles. The van der Waals surface area contributed by atoms with E-state index in [0.717, 1.165) is 18.6 Å². The maximum atomic E-state index is 12.2. The molecule has 0 unspecified atom stereocenters. The van der Waals surface area contributed by atoms with E-state index in [0.29, 0.717) is 17.1 Å². The first-order valence-electron chi connectivity index (χ1n) is 6.09. The van der Waals surface area contributed by atoms with Gasteiger partial charge in [-0.05, 0) is 37.0 Å². The first-order valence-corrected chi connectivity index (χ1v) is 9.73. The Morgan fingerprint density at radius 2 is 2.00 bits per heavy atom. The van der Waals surface area contributed by atoms with Crippen molar-refractivity contribution in [3.8, 4) is 0 Å². The van der Waals surface area contributed by atoms with Crippen molar-refractivity contribution >= 4 is 45.0 Å². The number of nitrogens with one attached hydrogen (secondary N) is 1. The van der Waals surface area contributed by atoms with E-state index in [9.17, 15) is 8.42 Å². The topological polar surface area (TPSA) is 72.2 Å². The van der Waals surface area contributed by atoms with Crippen LogP contribution >= 0.6 is 35.0 Å². The number of unbranched alkanes of at least 4 members (excludes halogenated alkanes) is 1. The zero-order valence-corrected chi connectivity index (χ0v) is 14.3. The summed E-state index contributed by atoms with van der Waals surface area (Å²) < 4.78 is 26.9. The molecule has 0 aliphatic rings. The number of sulfonamides is 1. The van der Waals surface area contributed by atoms with Crippen LogP contribution in [-0.4, -0.2) is 27.0 Å². The van der Waals surface area contributed by atoms with Crippen LogP contribution < -0.4 is 10.5 Å². The molecule has 0 aliphatic heterocycles. The molecule has 0 bridgehead atoms. The Bertz CT molecular complexity index is 551. The van der Waals surface area contributed by atoms with Crippen LogP contribution in [0.5, 0.6) is 0 Å². The van der Waals surface area contributed by atoms with Gasteiger partial charge < -0.3 is 5.73 Å². The molecule has 20 heavy (non-hydrogen) atoms. The molecule has 3 N–H and O–H groups in total. The van der Waals surface area contributed by atoms with Gasteiger partial charge >= 0.3 is 0 Å². The lowest BCUT2D eigenvalue weighted by Crippen LogP contribution is -2.25. The van der Waals surface area contributed by atoms with Gasteiger partial charge in [-0.1, -0.05) is 23.2 Å². The third kappa shape index (κ3) is 4.79. The summed E-state index contributed by atoms with van der Waals surface area (Å²) >= 11 is 13.7. The molecule has 0 radical (unpaired) electrons. The van der Waals surface area contributed by atoms with Gasteiger partial charge in [-0.25, -0.2) is 13.1 Å². The van der Waals surface area contributed by atoms with Crippen LogP contribution in [0.15, 0.2) is 17.0 Å². The first-order chi connectivity index (χ1) is 9.44. The van der Waals surface area contributed by atoms with Crippen LogP contribution in [0.25, 0.3) is 0 Å². The maximum Gasteiger partial charge on any atom is 0.242 e. The van der Waals surface area contributed by atoms with Crippen molar-refractivity contribution in [2.75, 3.05) is 18.6 Å². The van der Waals surface area contributed by atoms with Crippen LogP contribution in [0.2, 0.25) is 10.0 Å². The van der Waals surface area contributed by atoms with E-state index >= 15 is 0 Å². The molecule has 1 aromatic rings. The number of nitrogens with two attached hydrogens (primary N) is 1. The van der Waals surface area contributed by atoms with Crippen LogP contribution in [0.3, 0.4) is 0 Å². The Hall–Kier alpha value is 0.0200. The smallest absolute Gasteiger partial charge is 0.242 e. The van der Waals surface area contributed by atoms with E-state index in [4.69, 9.17) is 28.9 Å². The summed E-state index contributed by atoms with van der Waals surface area (Å²) in [4.78, 5) is 0.0221.